The molecule has 0 aromatic heterocycles. The molecule has 2 aliphatic rings. The Labute approximate surface area is 115 Å². The van der Waals surface area contributed by atoms with E-state index in [1.54, 1.807) is 6.92 Å². The van der Waals surface area contributed by atoms with Crippen molar-refractivity contribution in [1.82, 2.24) is 10.2 Å². The summed E-state index contributed by atoms with van der Waals surface area (Å²) in [6.45, 7) is 4.05. The molecule has 3 N–H and O–H groups in total. The van der Waals surface area contributed by atoms with E-state index in [0.29, 0.717) is 18.4 Å². The SMILES string of the molecule is CC(=O)NC1CC(CC(O)C2CC2)CN(CCO)C1. The van der Waals surface area contributed by atoms with E-state index in [2.05, 4.69) is 10.2 Å². The lowest BCUT2D eigenvalue weighted by Crippen LogP contribution is -2.51. The van der Waals surface area contributed by atoms with Crippen molar-refractivity contribution in [3.8, 4) is 0 Å². The number of likely N-dealkylation sites (tertiary alicyclic amines) is 1. The summed E-state index contributed by atoms with van der Waals surface area (Å²) in [5.41, 5.74) is 0. The number of aliphatic hydroxyl groups is 2. The average molecular weight is 270 g/mol. The number of nitrogens with one attached hydrogen (secondary N) is 1. The van der Waals surface area contributed by atoms with Crippen LogP contribution in [-0.4, -0.2) is 59.4 Å². The van der Waals surface area contributed by atoms with E-state index in [1.165, 1.54) is 0 Å². The summed E-state index contributed by atoms with van der Waals surface area (Å²) in [5, 5.41) is 22.1. The zero-order valence-electron chi connectivity index (χ0n) is 11.7. The Morgan fingerprint density at radius 2 is 2.16 bits per heavy atom. The summed E-state index contributed by atoms with van der Waals surface area (Å²) < 4.78 is 0. The molecule has 1 saturated heterocycles. The van der Waals surface area contributed by atoms with E-state index < -0.39 is 0 Å². The van der Waals surface area contributed by atoms with Gasteiger partial charge in [-0.15, -0.1) is 0 Å². The van der Waals surface area contributed by atoms with Crippen LogP contribution in [-0.2, 0) is 4.79 Å². The molecular weight excluding hydrogens is 244 g/mol. The maximum atomic E-state index is 11.2. The minimum absolute atomic E-state index is 0.00246. The molecular formula is C14H26N2O3. The Bertz CT molecular complexity index is 307. The lowest BCUT2D eigenvalue weighted by atomic mass is 9.88. The van der Waals surface area contributed by atoms with E-state index in [0.717, 1.165) is 38.8 Å². The molecule has 2 fully saturated rings. The van der Waals surface area contributed by atoms with Gasteiger partial charge in [0.05, 0.1) is 12.7 Å². The highest BCUT2D eigenvalue weighted by Crippen LogP contribution is 2.36. The van der Waals surface area contributed by atoms with Crippen LogP contribution in [0.5, 0.6) is 0 Å². The Kier molecular flexibility index (Phi) is 5.19. The Balaban J connectivity index is 1.86. The molecule has 110 valence electrons. The summed E-state index contributed by atoms with van der Waals surface area (Å²) in [6.07, 6.45) is 3.89. The highest BCUT2D eigenvalue weighted by atomic mass is 16.3. The fraction of sp³-hybridized carbons (Fsp3) is 0.929. The van der Waals surface area contributed by atoms with Crippen LogP contribution >= 0.6 is 0 Å². The van der Waals surface area contributed by atoms with Crippen LogP contribution in [0.3, 0.4) is 0 Å². The molecule has 19 heavy (non-hydrogen) atoms. The van der Waals surface area contributed by atoms with E-state index in [4.69, 9.17) is 5.11 Å². The summed E-state index contributed by atoms with van der Waals surface area (Å²) in [6, 6.07) is 0.147. The predicted molar refractivity (Wildman–Crippen MR) is 72.6 cm³/mol. The van der Waals surface area contributed by atoms with Gasteiger partial charge < -0.3 is 15.5 Å². The Morgan fingerprint density at radius 1 is 1.42 bits per heavy atom. The van der Waals surface area contributed by atoms with E-state index in [1.807, 2.05) is 0 Å². The fourth-order valence-corrected chi connectivity index (χ4v) is 3.20. The number of carbonyl (C=O) groups excluding carboxylic acids is 1. The summed E-state index contributed by atoms with van der Waals surface area (Å²) >= 11 is 0. The van der Waals surface area contributed by atoms with Crippen molar-refractivity contribution in [2.75, 3.05) is 26.2 Å². The van der Waals surface area contributed by atoms with Crippen molar-refractivity contribution in [2.45, 2.75) is 44.8 Å². The normalized spacial score (nSPS) is 30.1. The molecule has 5 nitrogen and oxygen atoms in total. The first kappa shape index (κ1) is 14.8. The molecule has 1 aliphatic carbocycles. The summed E-state index contributed by atoms with van der Waals surface area (Å²) in [5.74, 6) is 0.914. The molecule has 3 unspecified atom stereocenters. The monoisotopic (exact) mass is 270 g/mol. The number of nitrogens with zero attached hydrogens (tertiary/aromatic N) is 1. The zero-order valence-corrected chi connectivity index (χ0v) is 11.7. The molecule has 1 aliphatic heterocycles. The Hall–Kier alpha value is -0.650. The number of hydrogen-bond donors (Lipinski definition) is 3. The van der Waals surface area contributed by atoms with Gasteiger partial charge in [-0.2, -0.15) is 0 Å². The maximum absolute atomic E-state index is 11.2. The molecule has 0 spiro atoms. The number of rotatable bonds is 6. The first-order valence-electron chi connectivity index (χ1n) is 7.37. The third-order valence-corrected chi connectivity index (χ3v) is 4.18. The van der Waals surface area contributed by atoms with Crippen LogP contribution in [0, 0.1) is 11.8 Å². The Morgan fingerprint density at radius 3 is 2.74 bits per heavy atom. The number of piperidine rings is 1. The molecule has 0 bridgehead atoms. The van der Waals surface area contributed by atoms with Gasteiger partial charge in [-0.1, -0.05) is 0 Å². The topological polar surface area (TPSA) is 72.8 Å². The van der Waals surface area contributed by atoms with Crippen LogP contribution in [0.15, 0.2) is 0 Å². The van der Waals surface area contributed by atoms with Crippen molar-refractivity contribution in [2.24, 2.45) is 11.8 Å². The van der Waals surface area contributed by atoms with E-state index >= 15 is 0 Å². The van der Waals surface area contributed by atoms with Crippen LogP contribution in [0.1, 0.15) is 32.6 Å². The van der Waals surface area contributed by atoms with Gasteiger partial charge >= 0.3 is 0 Å². The number of carbonyl (C=O) groups is 1. The summed E-state index contributed by atoms with van der Waals surface area (Å²) in [7, 11) is 0. The molecule has 2 rings (SSSR count). The highest BCUT2D eigenvalue weighted by molar-refractivity contribution is 5.73. The number of β-amino-alcohol motifs (C(OH)–C–C–N with tert-alkyl or cyclic N) is 1. The van der Waals surface area contributed by atoms with Gasteiger partial charge in [0.15, 0.2) is 0 Å². The van der Waals surface area contributed by atoms with Crippen molar-refractivity contribution >= 4 is 5.91 Å². The molecule has 1 amide bonds. The van der Waals surface area contributed by atoms with Crippen molar-refractivity contribution in [3.63, 3.8) is 0 Å². The van der Waals surface area contributed by atoms with Crippen LogP contribution in [0.4, 0.5) is 0 Å². The molecule has 5 heteroatoms. The zero-order chi connectivity index (χ0) is 13.8. The van der Waals surface area contributed by atoms with E-state index in [-0.39, 0.29) is 24.7 Å². The van der Waals surface area contributed by atoms with Crippen LogP contribution in [0.25, 0.3) is 0 Å². The average Bonchev–Trinajstić information content (AvgIpc) is 3.11. The van der Waals surface area contributed by atoms with Crippen LogP contribution in [0.2, 0.25) is 0 Å². The van der Waals surface area contributed by atoms with Gasteiger partial charge in [0.1, 0.15) is 0 Å². The molecule has 0 aromatic rings. The number of hydrogen-bond acceptors (Lipinski definition) is 4. The third-order valence-electron chi connectivity index (χ3n) is 4.18. The van der Waals surface area contributed by atoms with Gasteiger partial charge in [-0.3, -0.25) is 9.69 Å². The van der Waals surface area contributed by atoms with Gasteiger partial charge in [-0.05, 0) is 37.5 Å². The largest absolute Gasteiger partial charge is 0.395 e. The lowest BCUT2D eigenvalue weighted by Gasteiger charge is -2.38. The lowest BCUT2D eigenvalue weighted by molar-refractivity contribution is -0.120. The minimum atomic E-state index is -0.183. The number of aliphatic hydroxyl groups excluding tert-OH is 2. The second-order valence-corrected chi connectivity index (χ2v) is 6.12. The fourth-order valence-electron chi connectivity index (χ4n) is 3.20. The van der Waals surface area contributed by atoms with Gasteiger partial charge in [0, 0.05) is 32.6 Å². The molecule has 1 heterocycles. The minimum Gasteiger partial charge on any atom is -0.395 e. The summed E-state index contributed by atoms with van der Waals surface area (Å²) in [4.78, 5) is 13.4. The van der Waals surface area contributed by atoms with E-state index in [9.17, 15) is 9.90 Å². The molecule has 0 aromatic carbocycles. The molecule has 3 atom stereocenters. The smallest absolute Gasteiger partial charge is 0.217 e. The first-order chi connectivity index (χ1) is 9.08. The van der Waals surface area contributed by atoms with Gasteiger partial charge in [0.25, 0.3) is 0 Å². The second-order valence-electron chi connectivity index (χ2n) is 6.12. The van der Waals surface area contributed by atoms with Crippen molar-refractivity contribution in [1.29, 1.82) is 0 Å². The molecule has 1 saturated carbocycles. The first-order valence-corrected chi connectivity index (χ1v) is 7.37. The third kappa shape index (κ3) is 4.75. The van der Waals surface area contributed by atoms with Crippen LogP contribution < -0.4 is 5.32 Å². The van der Waals surface area contributed by atoms with Crippen molar-refractivity contribution in [3.05, 3.63) is 0 Å². The van der Waals surface area contributed by atoms with Gasteiger partial charge in [0.2, 0.25) is 5.91 Å². The second kappa shape index (κ2) is 6.68. The van der Waals surface area contributed by atoms with Gasteiger partial charge in [-0.25, -0.2) is 0 Å². The standard InChI is InChI=1S/C14H26N2O3/c1-10(18)15-13-6-11(7-14(19)12-2-3-12)8-16(9-13)4-5-17/h11-14,17,19H,2-9H2,1H3,(H,15,18). The quantitative estimate of drug-likeness (QED) is 0.633. The highest BCUT2D eigenvalue weighted by Gasteiger charge is 2.34. The van der Waals surface area contributed by atoms with Crippen molar-refractivity contribution < 1.29 is 15.0 Å². The molecule has 0 radical (unpaired) electrons. The number of amides is 1. The predicted octanol–water partition coefficient (Wildman–Crippen LogP) is -0.0337. The maximum Gasteiger partial charge on any atom is 0.217 e.